The van der Waals surface area contributed by atoms with Crippen LogP contribution in [0, 0.1) is 5.92 Å². The number of rotatable bonds is 3. The second-order valence-electron chi connectivity index (χ2n) is 1.67. The van der Waals surface area contributed by atoms with Gasteiger partial charge in [-0.15, -0.1) is 0 Å². The Morgan fingerprint density at radius 1 is 2.00 bits per heavy atom. The zero-order valence-electron chi connectivity index (χ0n) is 4.72. The van der Waals surface area contributed by atoms with E-state index in [1.54, 1.807) is 6.92 Å². The fraction of sp³-hybridized carbons (Fsp3) is 0.750. The van der Waals surface area contributed by atoms with Crippen molar-refractivity contribution in [2.75, 3.05) is 6.54 Å². The largest absolute Gasteiger partial charge is 0.369 e. The summed E-state index contributed by atoms with van der Waals surface area (Å²) in [5, 5.41) is 0. The number of carbonyl (C=O) groups is 1. The van der Waals surface area contributed by atoms with Gasteiger partial charge in [0.25, 0.3) is 0 Å². The highest BCUT2D eigenvalue weighted by Crippen LogP contribution is 1.88. The lowest BCUT2D eigenvalue weighted by atomic mass is 10.2. The summed E-state index contributed by atoms with van der Waals surface area (Å²) in [7, 11) is 0. The molecule has 0 aliphatic rings. The summed E-state index contributed by atoms with van der Waals surface area (Å²) in [5.74, 6) is -0.431. The molecule has 3 N–H and O–H groups in total. The Labute approximate surface area is 54.2 Å². The van der Waals surface area contributed by atoms with Crippen LogP contribution in [0.5, 0.6) is 0 Å². The molecule has 0 aromatic heterocycles. The number of hydrogen-bond acceptors (Lipinski definition) is 3. The molecule has 4 heteroatoms. The first-order chi connectivity index (χ1) is 3.68. The van der Waals surface area contributed by atoms with E-state index < -0.39 is 0 Å². The number of nitrogens with two attached hydrogens (primary N) is 1. The fourth-order valence-corrected chi connectivity index (χ4v) is 0.511. The Morgan fingerprint density at radius 2 is 2.50 bits per heavy atom. The van der Waals surface area contributed by atoms with E-state index in [1.807, 2.05) is 0 Å². The maximum absolute atomic E-state index is 10.2. The minimum Gasteiger partial charge on any atom is -0.369 e. The predicted octanol–water partition coefficient (Wildman–Crippen LogP) is -0.458. The summed E-state index contributed by atoms with van der Waals surface area (Å²) in [4.78, 5) is 10.2. The summed E-state index contributed by atoms with van der Waals surface area (Å²) in [6, 6.07) is 0. The predicted molar refractivity (Wildman–Crippen MR) is 35.3 cm³/mol. The molecule has 1 atom stereocenters. The molecule has 0 saturated heterocycles. The molecule has 0 radical (unpaired) electrons. The highest BCUT2D eigenvalue weighted by molar-refractivity contribution is 7.78. The van der Waals surface area contributed by atoms with Crippen LogP contribution in [0.1, 0.15) is 6.92 Å². The standard InChI is InChI=1S/C4H10N2OS/c1-3(2-6-8)4(5)7/h3,6,8H,2H2,1H3,(H2,5,7). The van der Waals surface area contributed by atoms with Gasteiger partial charge in [-0.25, -0.2) is 0 Å². The lowest BCUT2D eigenvalue weighted by molar-refractivity contribution is -0.121. The summed E-state index contributed by atoms with van der Waals surface area (Å²) in [6.45, 7) is 2.27. The first kappa shape index (κ1) is 7.78. The van der Waals surface area contributed by atoms with Crippen LogP contribution in [0.15, 0.2) is 0 Å². The van der Waals surface area contributed by atoms with Crippen molar-refractivity contribution < 1.29 is 4.79 Å². The average molecular weight is 134 g/mol. The van der Waals surface area contributed by atoms with Crippen molar-refractivity contribution >= 4 is 18.7 Å². The molecule has 0 aliphatic heterocycles. The molecule has 0 bridgehead atoms. The molecule has 0 rings (SSSR count). The molecule has 0 aromatic rings. The highest BCUT2D eigenvalue weighted by atomic mass is 32.1. The normalized spacial score (nSPS) is 13.2. The lowest BCUT2D eigenvalue weighted by Gasteiger charge is -2.02. The second kappa shape index (κ2) is 3.74. The van der Waals surface area contributed by atoms with Crippen molar-refractivity contribution in [3.63, 3.8) is 0 Å². The number of nitrogens with one attached hydrogen (secondary N) is 1. The van der Waals surface area contributed by atoms with Crippen molar-refractivity contribution in [2.24, 2.45) is 11.7 Å². The molecular weight excluding hydrogens is 124 g/mol. The van der Waals surface area contributed by atoms with E-state index in [0.717, 1.165) is 0 Å². The SMILES string of the molecule is CC(CNS)C(N)=O. The van der Waals surface area contributed by atoms with Crippen LogP contribution in [0.2, 0.25) is 0 Å². The van der Waals surface area contributed by atoms with E-state index >= 15 is 0 Å². The quantitative estimate of drug-likeness (QED) is 0.458. The van der Waals surface area contributed by atoms with Crippen LogP contribution in [0.4, 0.5) is 0 Å². The Kier molecular flexibility index (Phi) is 3.64. The van der Waals surface area contributed by atoms with Gasteiger partial charge in [0, 0.05) is 12.5 Å². The minimum absolute atomic E-state index is 0.132. The Morgan fingerprint density at radius 3 is 2.62 bits per heavy atom. The van der Waals surface area contributed by atoms with Gasteiger partial charge in [-0.2, -0.15) is 0 Å². The van der Waals surface area contributed by atoms with Crippen LogP contribution >= 0.6 is 12.8 Å². The van der Waals surface area contributed by atoms with Crippen molar-refractivity contribution in [1.82, 2.24) is 4.72 Å². The molecule has 1 amide bonds. The highest BCUT2D eigenvalue weighted by Gasteiger charge is 2.04. The zero-order chi connectivity index (χ0) is 6.57. The van der Waals surface area contributed by atoms with E-state index in [1.165, 1.54) is 0 Å². The number of carbonyl (C=O) groups excluding carboxylic acids is 1. The van der Waals surface area contributed by atoms with Gasteiger partial charge in [-0.3, -0.25) is 9.52 Å². The average Bonchev–Trinajstić information content (AvgIpc) is 1.67. The number of thiol groups is 1. The maximum atomic E-state index is 10.2. The number of primary amides is 1. The molecule has 48 valence electrons. The van der Waals surface area contributed by atoms with E-state index in [9.17, 15) is 4.79 Å². The molecule has 0 heterocycles. The summed E-state index contributed by atoms with van der Waals surface area (Å²) in [6.07, 6.45) is 0. The van der Waals surface area contributed by atoms with Crippen LogP contribution < -0.4 is 10.5 Å². The fourth-order valence-electron chi connectivity index (χ4n) is 0.238. The van der Waals surface area contributed by atoms with Gasteiger partial charge in [0.05, 0.1) is 0 Å². The second-order valence-corrected chi connectivity index (χ2v) is 1.98. The minimum atomic E-state index is -0.299. The van der Waals surface area contributed by atoms with Crippen molar-refractivity contribution in [1.29, 1.82) is 0 Å². The monoisotopic (exact) mass is 134 g/mol. The van der Waals surface area contributed by atoms with Gasteiger partial charge in [-0.1, -0.05) is 19.7 Å². The van der Waals surface area contributed by atoms with Gasteiger partial charge in [0.15, 0.2) is 0 Å². The van der Waals surface area contributed by atoms with E-state index in [2.05, 4.69) is 17.5 Å². The molecule has 0 saturated carbocycles. The lowest BCUT2D eigenvalue weighted by Crippen LogP contribution is -2.27. The molecule has 1 unspecified atom stereocenters. The Balaban J connectivity index is 3.32. The third-order valence-corrected chi connectivity index (χ3v) is 1.07. The summed E-state index contributed by atoms with van der Waals surface area (Å²) < 4.78 is 2.54. The molecule has 3 nitrogen and oxygen atoms in total. The van der Waals surface area contributed by atoms with Crippen molar-refractivity contribution in [3.8, 4) is 0 Å². The third-order valence-electron chi connectivity index (χ3n) is 0.883. The van der Waals surface area contributed by atoms with Crippen molar-refractivity contribution in [3.05, 3.63) is 0 Å². The van der Waals surface area contributed by atoms with Gasteiger partial charge in [0.2, 0.25) is 5.91 Å². The van der Waals surface area contributed by atoms with Crippen LogP contribution in [0.3, 0.4) is 0 Å². The smallest absolute Gasteiger partial charge is 0.221 e. The Hall–Kier alpha value is -0.220. The first-order valence-corrected chi connectivity index (χ1v) is 2.79. The molecule has 0 fully saturated rings. The number of amides is 1. The first-order valence-electron chi connectivity index (χ1n) is 2.34. The van der Waals surface area contributed by atoms with Crippen LogP contribution in [0.25, 0.3) is 0 Å². The van der Waals surface area contributed by atoms with E-state index in [0.29, 0.717) is 6.54 Å². The van der Waals surface area contributed by atoms with Gasteiger partial charge >= 0.3 is 0 Å². The number of hydrogen-bond donors (Lipinski definition) is 3. The van der Waals surface area contributed by atoms with Gasteiger partial charge in [0.1, 0.15) is 0 Å². The van der Waals surface area contributed by atoms with Gasteiger partial charge < -0.3 is 5.73 Å². The summed E-state index contributed by atoms with van der Waals surface area (Å²) in [5.41, 5.74) is 4.91. The molecular formula is C4H10N2OS. The van der Waals surface area contributed by atoms with Gasteiger partial charge in [-0.05, 0) is 0 Å². The van der Waals surface area contributed by atoms with Crippen molar-refractivity contribution in [2.45, 2.75) is 6.92 Å². The van der Waals surface area contributed by atoms with Crippen LogP contribution in [-0.4, -0.2) is 12.5 Å². The zero-order valence-corrected chi connectivity index (χ0v) is 5.61. The van der Waals surface area contributed by atoms with E-state index in [4.69, 9.17) is 5.73 Å². The topological polar surface area (TPSA) is 55.1 Å². The Bertz CT molecular complexity index is 86.1. The molecule has 8 heavy (non-hydrogen) atoms. The van der Waals surface area contributed by atoms with E-state index in [-0.39, 0.29) is 11.8 Å². The maximum Gasteiger partial charge on any atom is 0.221 e. The third kappa shape index (κ3) is 2.87. The van der Waals surface area contributed by atoms with Crippen LogP contribution in [-0.2, 0) is 4.79 Å². The summed E-state index contributed by atoms with van der Waals surface area (Å²) >= 11 is 3.70. The molecule has 0 aromatic carbocycles. The molecule has 0 spiro atoms. The molecule has 0 aliphatic carbocycles.